The maximum absolute atomic E-state index is 12.9. The van der Waals surface area contributed by atoms with Gasteiger partial charge in [-0.15, -0.1) is 0 Å². The number of amides is 1. The van der Waals surface area contributed by atoms with E-state index in [1.165, 1.54) is 6.92 Å². The number of carboxylic acid groups (broad SMARTS) is 1. The lowest BCUT2D eigenvalue weighted by molar-refractivity contribution is -0.141. The lowest BCUT2D eigenvalue weighted by Gasteiger charge is -2.16. The van der Waals surface area contributed by atoms with E-state index >= 15 is 0 Å². The summed E-state index contributed by atoms with van der Waals surface area (Å²) in [5.74, 6) is -0.698. The van der Waals surface area contributed by atoms with Gasteiger partial charge < -0.3 is 15.2 Å². The summed E-state index contributed by atoms with van der Waals surface area (Å²) in [6, 6.07) is 15.8. The molecule has 0 saturated heterocycles. The largest absolute Gasteiger partial charge is 0.494 e. The Morgan fingerprint density at radius 1 is 1.09 bits per heavy atom. The number of benzene rings is 2. The molecule has 0 radical (unpaired) electrons. The molecule has 0 heterocycles. The molecule has 0 aliphatic carbocycles. The van der Waals surface area contributed by atoms with E-state index in [4.69, 9.17) is 4.74 Å². The molecule has 0 aliphatic rings. The van der Waals surface area contributed by atoms with E-state index in [1.54, 1.807) is 6.08 Å². The third kappa shape index (κ3) is 8.98. The highest BCUT2D eigenvalue weighted by molar-refractivity contribution is 8.13. The molecule has 1 amide bonds. The third-order valence-electron chi connectivity index (χ3n) is 4.58. The molecule has 0 bridgehead atoms. The standard InChI is InChI=1S/C25H29NO5S/c1-3-15-31-22-12-9-20(10-13-22)16-21(17-32-18(2)27)24(28)26-23(25(29)30)14-11-19-7-5-4-6-8-19/h4-10,12-13,16,23H,3,11,14-15,17H2,1-2H3,(H,26,28)(H,29,30)/b21-16+/t23-/m0/s1. The first kappa shape index (κ1) is 25.2. The molecule has 170 valence electrons. The molecule has 2 rings (SSSR count). The van der Waals surface area contributed by atoms with Crippen molar-refractivity contribution >= 4 is 34.8 Å². The molecular weight excluding hydrogens is 426 g/mol. The Labute approximate surface area is 193 Å². The van der Waals surface area contributed by atoms with Crippen LogP contribution in [0.3, 0.4) is 0 Å². The van der Waals surface area contributed by atoms with Gasteiger partial charge >= 0.3 is 5.97 Å². The van der Waals surface area contributed by atoms with E-state index in [-0.39, 0.29) is 17.3 Å². The van der Waals surface area contributed by atoms with Crippen LogP contribution in [0.25, 0.3) is 6.08 Å². The number of hydrogen-bond acceptors (Lipinski definition) is 5. The molecule has 2 N–H and O–H groups in total. The molecule has 2 aromatic carbocycles. The molecule has 0 aromatic heterocycles. The Balaban J connectivity index is 2.12. The van der Waals surface area contributed by atoms with Crippen molar-refractivity contribution in [1.82, 2.24) is 5.32 Å². The summed E-state index contributed by atoms with van der Waals surface area (Å²) in [5.41, 5.74) is 2.10. The maximum Gasteiger partial charge on any atom is 0.326 e. The number of rotatable bonds is 12. The molecular formula is C25H29NO5S. The van der Waals surface area contributed by atoms with Gasteiger partial charge in [-0.05, 0) is 48.6 Å². The number of aryl methyl sites for hydroxylation is 1. The van der Waals surface area contributed by atoms with E-state index in [1.807, 2.05) is 61.5 Å². The van der Waals surface area contributed by atoms with Crippen LogP contribution in [-0.4, -0.2) is 40.5 Å². The minimum absolute atomic E-state index is 0.120. The summed E-state index contributed by atoms with van der Waals surface area (Å²) in [6.07, 6.45) is 3.37. The first-order chi connectivity index (χ1) is 15.4. The quantitative estimate of drug-likeness (QED) is 0.463. The van der Waals surface area contributed by atoms with Gasteiger partial charge in [0.1, 0.15) is 11.8 Å². The van der Waals surface area contributed by atoms with Crippen molar-refractivity contribution in [2.45, 2.75) is 39.2 Å². The lowest BCUT2D eigenvalue weighted by atomic mass is 10.0. The van der Waals surface area contributed by atoms with Crippen molar-refractivity contribution in [2.75, 3.05) is 12.4 Å². The van der Waals surface area contributed by atoms with E-state index in [9.17, 15) is 19.5 Å². The Morgan fingerprint density at radius 3 is 2.38 bits per heavy atom. The van der Waals surface area contributed by atoms with Gasteiger partial charge in [0.15, 0.2) is 5.12 Å². The second kappa shape index (κ2) is 13.4. The summed E-state index contributed by atoms with van der Waals surface area (Å²) in [6.45, 7) is 4.08. The SMILES string of the molecule is CCCOc1ccc(/C=C(\CSC(C)=O)C(=O)N[C@@H](CCc2ccccc2)C(=O)O)cc1. The predicted molar refractivity (Wildman–Crippen MR) is 128 cm³/mol. The fourth-order valence-electron chi connectivity index (χ4n) is 2.90. The molecule has 32 heavy (non-hydrogen) atoms. The summed E-state index contributed by atoms with van der Waals surface area (Å²) in [7, 11) is 0. The Morgan fingerprint density at radius 2 is 1.78 bits per heavy atom. The average Bonchev–Trinajstić information content (AvgIpc) is 2.79. The van der Waals surface area contributed by atoms with E-state index in [2.05, 4.69) is 5.32 Å². The van der Waals surface area contributed by atoms with Gasteiger partial charge in [0.05, 0.1) is 6.61 Å². The summed E-state index contributed by atoms with van der Waals surface area (Å²) in [5, 5.41) is 12.1. The van der Waals surface area contributed by atoms with Crippen LogP contribution < -0.4 is 10.1 Å². The first-order valence-corrected chi connectivity index (χ1v) is 11.5. The van der Waals surface area contributed by atoms with Gasteiger partial charge in [0, 0.05) is 18.2 Å². The smallest absolute Gasteiger partial charge is 0.326 e. The van der Waals surface area contributed by atoms with Crippen LogP contribution >= 0.6 is 11.8 Å². The van der Waals surface area contributed by atoms with Gasteiger partial charge in [0.25, 0.3) is 0 Å². The van der Waals surface area contributed by atoms with E-state index in [0.29, 0.717) is 18.6 Å². The van der Waals surface area contributed by atoms with Crippen molar-refractivity contribution < 1.29 is 24.2 Å². The minimum atomic E-state index is -1.09. The second-order valence-corrected chi connectivity index (χ2v) is 8.41. The fraction of sp³-hybridized carbons (Fsp3) is 0.320. The average molecular weight is 456 g/mol. The molecule has 0 unspecified atom stereocenters. The maximum atomic E-state index is 12.9. The monoisotopic (exact) mass is 455 g/mol. The Bertz CT molecular complexity index is 925. The zero-order chi connectivity index (χ0) is 23.3. The van der Waals surface area contributed by atoms with Crippen molar-refractivity contribution in [2.24, 2.45) is 0 Å². The van der Waals surface area contributed by atoms with Gasteiger partial charge in [-0.1, -0.05) is 61.2 Å². The number of aliphatic carboxylic acids is 1. The number of carbonyl (C=O) groups excluding carboxylic acids is 2. The fourth-order valence-corrected chi connectivity index (χ4v) is 3.47. The normalized spacial score (nSPS) is 12.1. The molecule has 7 heteroatoms. The summed E-state index contributed by atoms with van der Waals surface area (Å²) in [4.78, 5) is 36.1. The van der Waals surface area contributed by atoms with E-state index in [0.717, 1.165) is 35.1 Å². The van der Waals surface area contributed by atoms with E-state index < -0.39 is 17.9 Å². The molecule has 1 atom stereocenters. The van der Waals surface area contributed by atoms with Crippen molar-refractivity contribution in [3.8, 4) is 5.75 Å². The Kier molecular flexibility index (Phi) is 10.5. The summed E-state index contributed by atoms with van der Waals surface area (Å²) < 4.78 is 5.57. The number of hydrogen-bond donors (Lipinski definition) is 2. The van der Waals surface area contributed by atoms with Crippen LogP contribution in [0.5, 0.6) is 5.75 Å². The van der Waals surface area contributed by atoms with Crippen LogP contribution in [0.2, 0.25) is 0 Å². The van der Waals surface area contributed by atoms with Crippen molar-refractivity contribution in [3.63, 3.8) is 0 Å². The molecule has 0 aliphatic heterocycles. The first-order valence-electron chi connectivity index (χ1n) is 10.5. The highest BCUT2D eigenvalue weighted by Gasteiger charge is 2.22. The van der Waals surface area contributed by atoms with Crippen LogP contribution in [-0.2, 0) is 20.8 Å². The minimum Gasteiger partial charge on any atom is -0.494 e. The zero-order valence-electron chi connectivity index (χ0n) is 18.4. The lowest BCUT2D eigenvalue weighted by Crippen LogP contribution is -2.42. The zero-order valence-corrected chi connectivity index (χ0v) is 19.2. The van der Waals surface area contributed by atoms with Crippen LogP contribution in [0.1, 0.15) is 37.8 Å². The van der Waals surface area contributed by atoms with Crippen LogP contribution in [0, 0.1) is 0 Å². The molecule has 6 nitrogen and oxygen atoms in total. The topological polar surface area (TPSA) is 92.7 Å². The van der Waals surface area contributed by atoms with Gasteiger partial charge in [-0.2, -0.15) is 0 Å². The van der Waals surface area contributed by atoms with Crippen LogP contribution in [0.4, 0.5) is 0 Å². The third-order valence-corrected chi connectivity index (χ3v) is 5.45. The van der Waals surface area contributed by atoms with Crippen molar-refractivity contribution in [1.29, 1.82) is 0 Å². The molecule has 2 aromatic rings. The molecule has 0 spiro atoms. The Hall–Kier alpha value is -3.06. The van der Waals surface area contributed by atoms with Gasteiger partial charge in [-0.25, -0.2) is 4.79 Å². The number of carboxylic acids is 1. The number of ether oxygens (including phenoxy) is 1. The molecule has 0 fully saturated rings. The van der Waals surface area contributed by atoms with Crippen molar-refractivity contribution in [3.05, 3.63) is 71.3 Å². The number of nitrogens with one attached hydrogen (secondary N) is 1. The predicted octanol–water partition coefficient (Wildman–Crippen LogP) is 4.34. The summed E-state index contributed by atoms with van der Waals surface area (Å²) >= 11 is 1.01. The number of carbonyl (C=O) groups is 3. The van der Waals surface area contributed by atoms with Gasteiger partial charge in [0.2, 0.25) is 5.91 Å². The molecule has 0 saturated carbocycles. The number of thioether (sulfide) groups is 1. The van der Waals surface area contributed by atoms with Gasteiger partial charge in [-0.3, -0.25) is 9.59 Å². The van der Waals surface area contributed by atoms with Crippen LogP contribution in [0.15, 0.2) is 60.2 Å². The highest BCUT2D eigenvalue weighted by Crippen LogP contribution is 2.18. The highest BCUT2D eigenvalue weighted by atomic mass is 32.2. The second-order valence-electron chi connectivity index (χ2n) is 7.26.